The highest BCUT2D eigenvalue weighted by molar-refractivity contribution is 4.56. The van der Waals surface area contributed by atoms with Crippen LogP contribution in [0.5, 0.6) is 0 Å². The fraction of sp³-hybridized carbons (Fsp3) is 1.00. The van der Waals surface area contributed by atoms with E-state index in [0.717, 1.165) is 17.3 Å². The summed E-state index contributed by atoms with van der Waals surface area (Å²) in [5, 5.41) is 9.86. The minimum Gasteiger partial charge on any atom is -1.00 e. The number of rotatable bonds is 15. The zero-order valence-corrected chi connectivity index (χ0v) is 18.5. The molecular weight excluding hydrogens is 401 g/mol. The molecule has 0 heterocycles. The van der Waals surface area contributed by atoms with Crippen molar-refractivity contribution < 1.29 is 38.3 Å². The lowest BCUT2D eigenvalue weighted by atomic mass is 10.1. The maximum Gasteiger partial charge on any atom is 0.193 e. The average Bonchev–Trinajstić information content (AvgIpc) is 2.55. The lowest BCUT2D eigenvalue weighted by Crippen LogP contribution is -3.00. The standard InChI is InChI=1S/C19H42NO2.HI/c1-6-11-14-20(15-12-7-2,16-13-8-3)19(10-5)22-17-18(21)9-4;/h18-19,21H,6-17H2,1-5H3;1H/q+1;/p-1. The monoisotopic (exact) mass is 443 g/mol. The Morgan fingerprint density at radius 2 is 1.22 bits per heavy atom. The lowest BCUT2D eigenvalue weighted by Gasteiger charge is -2.45. The summed E-state index contributed by atoms with van der Waals surface area (Å²) in [5.41, 5.74) is 0. The quantitative estimate of drug-likeness (QED) is 0.237. The number of aliphatic hydroxyl groups excluding tert-OH is 1. The second kappa shape index (κ2) is 16.1. The van der Waals surface area contributed by atoms with Gasteiger partial charge in [-0.15, -0.1) is 0 Å². The van der Waals surface area contributed by atoms with Crippen molar-refractivity contribution in [3.05, 3.63) is 0 Å². The van der Waals surface area contributed by atoms with Gasteiger partial charge >= 0.3 is 0 Å². The maximum absolute atomic E-state index is 9.86. The van der Waals surface area contributed by atoms with E-state index in [2.05, 4.69) is 27.7 Å². The molecule has 2 unspecified atom stereocenters. The Labute approximate surface area is 162 Å². The summed E-state index contributed by atoms with van der Waals surface area (Å²) >= 11 is 0. The third-order valence-electron chi connectivity index (χ3n) is 4.78. The number of nitrogens with zero attached hydrogens (tertiary/aromatic N) is 1. The summed E-state index contributed by atoms with van der Waals surface area (Å²) in [6.45, 7) is 15.2. The van der Waals surface area contributed by atoms with E-state index >= 15 is 0 Å². The van der Waals surface area contributed by atoms with Crippen LogP contribution in [0.3, 0.4) is 0 Å². The first-order valence-electron chi connectivity index (χ1n) is 9.75. The van der Waals surface area contributed by atoms with Crippen molar-refractivity contribution in [1.29, 1.82) is 0 Å². The zero-order valence-electron chi connectivity index (χ0n) is 16.3. The number of halogens is 1. The number of hydrogen-bond acceptors (Lipinski definition) is 2. The van der Waals surface area contributed by atoms with Gasteiger partial charge in [-0.25, -0.2) is 0 Å². The second-order valence-corrected chi connectivity index (χ2v) is 6.71. The van der Waals surface area contributed by atoms with Gasteiger partial charge in [0.2, 0.25) is 0 Å². The van der Waals surface area contributed by atoms with Crippen LogP contribution in [0, 0.1) is 0 Å². The van der Waals surface area contributed by atoms with E-state index < -0.39 is 0 Å². The summed E-state index contributed by atoms with van der Waals surface area (Å²) in [7, 11) is 0. The van der Waals surface area contributed by atoms with E-state index in [-0.39, 0.29) is 36.3 Å². The van der Waals surface area contributed by atoms with Gasteiger partial charge < -0.3 is 33.8 Å². The number of unbranched alkanes of at least 4 members (excludes halogenated alkanes) is 3. The Kier molecular flexibility index (Phi) is 18.1. The van der Waals surface area contributed by atoms with Crippen molar-refractivity contribution in [2.45, 2.75) is 98.3 Å². The van der Waals surface area contributed by atoms with Crippen LogP contribution in [-0.4, -0.2) is 48.2 Å². The van der Waals surface area contributed by atoms with Gasteiger partial charge in [0.25, 0.3) is 0 Å². The molecule has 0 aromatic carbocycles. The van der Waals surface area contributed by atoms with E-state index in [4.69, 9.17) is 4.74 Å². The first kappa shape index (κ1) is 25.8. The molecule has 0 aliphatic carbocycles. The van der Waals surface area contributed by atoms with Crippen LogP contribution in [-0.2, 0) is 4.74 Å². The van der Waals surface area contributed by atoms with Crippen molar-refractivity contribution in [3.8, 4) is 0 Å². The van der Waals surface area contributed by atoms with Gasteiger partial charge in [0.1, 0.15) is 0 Å². The SMILES string of the molecule is CCCC[N+](CCCC)(CCCC)C(CC)OCC(O)CC.[I-]. The van der Waals surface area contributed by atoms with Crippen LogP contribution in [0.1, 0.15) is 86.0 Å². The van der Waals surface area contributed by atoms with E-state index in [1.807, 2.05) is 6.92 Å². The van der Waals surface area contributed by atoms with E-state index in [1.165, 1.54) is 58.2 Å². The third-order valence-corrected chi connectivity index (χ3v) is 4.78. The number of ether oxygens (including phenoxy) is 1. The van der Waals surface area contributed by atoms with E-state index in [1.54, 1.807) is 0 Å². The molecule has 0 saturated carbocycles. The molecule has 0 radical (unpaired) electrons. The van der Waals surface area contributed by atoms with Gasteiger partial charge in [-0.3, -0.25) is 4.48 Å². The average molecular weight is 443 g/mol. The van der Waals surface area contributed by atoms with Crippen LogP contribution in [0.4, 0.5) is 0 Å². The van der Waals surface area contributed by atoms with Crippen molar-refractivity contribution in [3.63, 3.8) is 0 Å². The number of quaternary nitrogens is 1. The molecule has 0 aliphatic heterocycles. The topological polar surface area (TPSA) is 29.5 Å². The Hall–Kier alpha value is 0.610. The van der Waals surface area contributed by atoms with Crippen molar-refractivity contribution in [1.82, 2.24) is 0 Å². The Morgan fingerprint density at radius 1 is 0.783 bits per heavy atom. The van der Waals surface area contributed by atoms with Crippen LogP contribution in [0.2, 0.25) is 0 Å². The molecule has 0 bridgehead atoms. The van der Waals surface area contributed by atoms with Crippen molar-refractivity contribution >= 4 is 0 Å². The summed E-state index contributed by atoms with van der Waals surface area (Å²) in [6.07, 6.45) is 9.26. The second-order valence-electron chi connectivity index (χ2n) is 6.71. The van der Waals surface area contributed by atoms with Crippen LogP contribution >= 0.6 is 0 Å². The van der Waals surface area contributed by atoms with Crippen molar-refractivity contribution in [2.75, 3.05) is 26.2 Å². The molecule has 0 fully saturated rings. The third kappa shape index (κ3) is 10.3. The van der Waals surface area contributed by atoms with Gasteiger partial charge in [-0.2, -0.15) is 0 Å². The summed E-state index contributed by atoms with van der Waals surface area (Å²) < 4.78 is 7.32. The molecule has 0 amide bonds. The molecule has 4 heteroatoms. The summed E-state index contributed by atoms with van der Waals surface area (Å²) in [6, 6.07) is 0. The highest BCUT2D eigenvalue weighted by Gasteiger charge is 2.35. The molecular formula is C19H42INO2. The highest BCUT2D eigenvalue weighted by Crippen LogP contribution is 2.23. The molecule has 0 spiro atoms. The highest BCUT2D eigenvalue weighted by atomic mass is 127. The largest absolute Gasteiger partial charge is 1.00 e. The minimum atomic E-state index is -0.320. The molecule has 1 N–H and O–H groups in total. The van der Waals surface area contributed by atoms with E-state index in [0.29, 0.717) is 6.61 Å². The van der Waals surface area contributed by atoms with Gasteiger partial charge in [-0.1, -0.05) is 53.9 Å². The summed E-state index contributed by atoms with van der Waals surface area (Å²) in [4.78, 5) is 0. The van der Waals surface area contributed by atoms with Crippen LogP contribution in [0.25, 0.3) is 0 Å². The number of hydrogen-bond donors (Lipinski definition) is 1. The van der Waals surface area contributed by atoms with Crippen LogP contribution < -0.4 is 24.0 Å². The normalized spacial score (nSPS) is 14.3. The molecule has 0 aliphatic rings. The molecule has 0 saturated heterocycles. The molecule has 0 rings (SSSR count). The first-order valence-corrected chi connectivity index (χ1v) is 9.75. The zero-order chi connectivity index (χ0) is 16.8. The smallest absolute Gasteiger partial charge is 0.193 e. The van der Waals surface area contributed by atoms with Crippen molar-refractivity contribution in [2.24, 2.45) is 0 Å². The first-order chi connectivity index (χ1) is 10.6. The molecule has 3 nitrogen and oxygen atoms in total. The fourth-order valence-corrected chi connectivity index (χ4v) is 3.19. The Balaban J connectivity index is 0. The fourth-order valence-electron chi connectivity index (χ4n) is 3.19. The predicted octanol–water partition coefficient (Wildman–Crippen LogP) is 1.73. The van der Waals surface area contributed by atoms with Gasteiger partial charge in [0, 0.05) is 6.42 Å². The molecule has 0 aromatic heterocycles. The van der Waals surface area contributed by atoms with Gasteiger partial charge in [0.15, 0.2) is 6.23 Å². The predicted molar refractivity (Wildman–Crippen MR) is 95.9 cm³/mol. The number of aliphatic hydroxyl groups is 1. The van der Waals surface area contributed by atoms with Crippen LogP contribution in [0.15, 0.2) is 0 Å². The molecule has 0 aromatic rings. The Bertz CT molecular complexity index is 230. The molecule has 23 heavy (non-hydrogen) atoms. The Morgan fingerprint density at radius 3 is 1.52 bits per heavy atom. The van der Waals surface area contributed by atoms with Gasteiger partial charge in [-0.05, 0) is 25.7 Å². The van der Waals surface area contributed by atoms with Gasteiger partial charge in [0.05, 0.1) is 32.3 Å². The summed E-state index contributed by atoms with van der Waals surface area (Å²) in [5.74, 6) is 0. The molecule has 2 atom stereocenters. The maximum atomic E-state index is 9.86. The minimum absolute atomic E-state index is 0. The van der Waals surface area contributed by atoms with E-state index in [9.17, 15) is 5.11 Å². The lowest BCUT2D eigenvalue weighted by molar-refractivity contribution is -0.972. The molecule has 142 valence electrons.